The molecule has 0 radical (unpaired) electrons. The summed E-state index contributed by atoms with van der Waals surface area (Å²) in [7, 11) is 1.89. The smallest absolute Gasteiger partial charge is 0.135 e. The zero-order chi connectivity index (χ0) is 12.1. The Morgan fingerprint density at radius 1 is 1.25 bits per heavy atom. The predicted molar refractivity (Wildman–Crippen MR) is 69.2 cm³/mol. The van der Waals surface area contributed by atoms with Crippen molar-refractivity contribution < 1.29 is 0 Å². The largest absolute Gasteiger partial charge is 0.373 e. The van der Waals surface area contributed by atoms with Gasteiger partial charge in [0, 0.05) is 32.1 Å². The molecule has 90 valence electrons. The van der Waals surface area contributed by atoms with Crippen molar-refractivity contribution in [2.24, 2.45) is 0 Å². The third kappa shape index (κ3) is 2.84. The molecule has 0 unspecified atom stereocenters. The molecule has 0 aromatic carbocycles. The van der Waals surface area contributed by atoms with E-state index in [1.807, 2.05) is 13.1 Å². The van der Waals surface area contributed by atoms with Crippen LogP contribution in [0, 0.1) is 0 Å². The van der Waals surface area contributed by atoms with Crippen molar-refractivity contribution in [3.8, 4) is 0 Å². The standard InChI is InChI=1S/C12H22N4/c1-6-16(7-2)11-8-10(13-5)14-12(15-11)9(3)4/h8-9H,6-7H2,1-5H3,(H,13,14,15). The molecule has 1 N–H and O–H groups in total. The molecule has 1 rings (SSSR count). The van der Waals surface area contributed by atoms with E-state index in [0.29, 0.717) is 5.92 Å². The van der Waals surface area contributed by atoms with E-state index in [0.717, 1.165) is 30.5 Å². The molecule has 0 saturated heterocycles. The lowest BCUT2D eigenvalue weighted by Crippen LogP contribution is -2.24. The van der Waals surface area contributed by atoms with Gasteiger partial charge in [0.15, 0.2) is 0 Å². The number of aromatic nitrogens is 2. The number of nitrogens with zero attached hydrogens (tertiary/aromatic N) is 3. The summed E-state index contributed by atoms with van der Waals surface area (Å²) in [5, 5.41) is 3.09. The van der Waals surface area contributed by atoms with Crippen LogP contribution in [-0.2, 0) is 0 Å². The quantitative estimate of drug-likeness (QED) is 0.831. The van der Waals surface area contributed by atoms with E-state index in [4.69, 9.17) is 0 Å². The summed E-state index contributed by atoms with van der Waals surface area (Å²) in [4.78, 5) is 11.3. The third-order valence-electron chi connectivity index (χ3n) is 2.59. The average molecular weight is 222 g/mol. The van der Waals surface area contributed by atoms with Gasteiger partial charge < -0.3 is 10.2 Å². The highest BCUT2D eigenvalue weighted by atomic mass is 15.2. The molecule has 0 atom stereocenters. The van der Waals surface area contributed by atoms with Gasteiger partial charge in [-0.25, -0.2) is 9.97 Å². The lowest BCUT2D eigenvalue weighted by atomic mass is 10.2. The van der Waals surface area contributed by atoms with Crippen LogP contribution in [0.2, 0.25) is 0 Å². The van der Waals surface area contributed by atoms with Gasteiger partial charge in [-0.3, -0.25) is 0 Å². The van der Waals surface area contributed by atoms with E-state index in [1.54, 1.807) is 0 Å². The first-order valence-electron chi connectivity index (χ1n) is 5.94. The highest BCUT2D eigenvalue weighted by Crippen LogP contribution is 2.19. The molecule has 1 aromatic rings. The Hall–Kier alpha value is -1.32. The fraction of sp³-hybridized carbons (Fsp3) is 0.667. The van der Waals surface area contributed by atoms with Crippen LogP contribution in [0.3, 0.4) is 0 Å². The Balaban J connectivity index is 3.12. The molecule has 16 heavy (non-hydrogen) atoms. The van der Waals surface area contributed by atoms with Crippen molar-refractivity contribution in [2.45, 2.75) is 33.6 Å². The second-order valence-corrected chi connectivity index (χ2v) is 4.05. The van der Waals surface area contributed by atoms with Crippen molar-refractivity contribution in [3.63, 3.8) is 0 Å². The van der Waals surface area contributed by atoms with E-state index in [9.17, 15) is 0 Å². The minimum absolute atomic E-state index is 0.350. The SMILES string of the molecule is CCN(CC)c1cc(NC)nc(C(C)C)n1. The molecule has 0 amide bonds. The highest BCUT2D eigenvalue weighted by Gasteiger charge is 2.10. The van der Waals surface area contributed by atoms with Crippen LogP contribution in [0.25, 0.3) is 0 Å². The van der Waals surface area contributed by atoms with Gasteiger partial charge in [-0.15, -0.1) is 0 Å². The molecule has 0 saturated carbocycles. The molecule has 0 aliphatic carbocycles. The number of hydrogen-bond acceptors (Lipinski definition) is 4. The Morgan fingerprint density at radius 3 is 2.31 bits per heavy atom. The summed E-state index contributed by atoms with van der Waals surface area (Å²) >= 11 is 0. The second-order valence-electron chi connectivity index (χ2n) is 4.05. The Labute approximate surface area is 98.1 Å². The number of anilines is 2. The molecule has 0 spiro atoms. The molecule has 0 aliphatic heterocycles. The van der Waals surface area contributed by atoms with E-state index >= 15 is 0 Å². The Morgan fingerprint density at radius 2 is 1.88 bits per heavy atom. The maximum absolute atomic E-state index is 4.60. The number of hydrogen-bond donors (Lipinski definition) is 1. The van der Waals surface area contributed by atoms with Crippen LogP contribution in [0.5, 0.6) is 0 Å². The summed E-state index contributed by atoms with van der Waals surface area (Å²) < 4.78 is 0. The summed E-state index contributed by atoms with van der Waals surface area (Å²) in [6.07, 6.45) is 0. The van der Waals surface area contributed by atoms with E-state index in [-0.39, 0.29) is 0 Å². The van der Waals surface area contributed by atoms with Crippen LogP contribution in [-0.4, -0.2) is 30.1 Å². The first-order chi connectivity index (χ1) is 7.62. The zero-order valence-electron chi connectivity index (χ0n) is 10.9. The molecular formula is C12H22N4. The number of nitrogens with one attached hydrogen (secondary N) is 1. The maximum atomic E-state index is 4.60. The van der Waals surface area contributed by atoms with Gasteiger partial charge in [-0.2, -0.15) is 0 Å². The van der Waals surface area contributed by atoms with Crippen molar-refractivity contribution in [1.29, 1.82) is 0 Å². The van der Waals surface area contributed by atoms with Crippen LogP contribution >= 0.6 is 0 Å². The summed E-state index contributed by atoms with van der Waals surface area (Å²) in [6.45, 7) is 10.4. The first-order valence-corrected chi connectivity index (χ1v) is 5.94. The summed E-state index contributed by atoms with van der Waals surface area (Å²) in [5.74, 6) is 3.14. The Kier molecular flexibility index (Phi) is 4.52. The summed E-state index contributed by atoms with van der Waals surface area (Å²) in [5.41, 5.74) is 0. The van der Waals surface area contributed by atoms with Crippen molar-refractivity contribution >= 4 is 11.6 Å². The fourth-order valence-electron chi connectivity index (χ4n) is 1.55. The monoisotopic (exact) mass is 222 g/mol. The van der Waals surface area contributed by atoms with Gasteiger partial charge in [0.25, 0.3) is 0 Å². The highest BCUT2D eigenvalue weighted by molar-refractivity contribution is 5.49. The summed E-state index contributed by atoms with van der Waals surface area (Å²) in [6, 6.07) is 2.00. The molecule has 0 bridgehead atoms. The molecule has 0 fully saturated rings. The second kappa shape index (κ2) is 5.68. The maximum Gasteiger partial charge on any atom is 0.135 e. The topological polar surface area (TPSA) is 41.0 Å². The van der Waals surface area contributed by atoms with Crippen LogP contribution in [0.15, 0.2) is 6.07 Å². The molecule has 0 aliphatic rings. The van der Waals surface area contributed by atoms with Crippen LogP contribution < -0.4 is 10.2 Å². The minimum Gasteiger partial charge on any atom is -0.373 e. The zero-order valence-corrected chi connectivity index (χ0v) is 10.9. The molecule has 1 aromatic heterocycles. The van der Waals surface area contributed by atoms with Crippen molar-refractivity contribution in [1.82, 2.24) is 9.97 Å². The average Bonchev–Trinajstić information content (AvgIpc) is 2.30. The lowest BCUT2D eigenvalue weighted by molar-refractivity contribution is 0.757. The Bertz CT molecular complexity index is 332. The van der Waals surface area contributed by atoms with Crippen molar-refractivity contribution in [3.05, 3.63) is 11.9 Å². The molecule has 4 nitrogen and oxygen atoms in total. The number of rotatable bonds is 5. The van der Waals surface area contributed by atoms with Crippen LogP contribution in [0.4, 0.5) is 11.6 Å². The van der Waals surface area contributed by atoms with E-state index in [1.165, 1.54) is 0 Å². The first kappa shape index (κ1) is 12.7. The van der Waals surface area contributed by atoms with E-state index < -0.39 is 0 Å². The molecule has 4 heteroatoms. The predicted octanol–water partition coefficient (Wildman–Crippen LogP) is 2.49. The van der Waals surface area contributed by atoms with E-state index in [2.05, 4.69) is 47.9 Å². The van der Waals surface area contributed by atoms with Gasteiger partial charge in [0.1, 0.15) is 17.5 Å². The lowest BCUT2D eigenvalue weighted by Gasteiger charge is -2.21. The minimum atomic E-state index is 0.350. The molecule has 1 heterocycles. The van der Waals surface area contributed by atoms with Crippen LogP contribution in [0.1, 0.15) is 39.4 Å². The van der Waals surface area contributed by atoms with Gasteiger partial charge in [-0.05, 0) is 13.8 Å². The fourth-order valence-corrected chi connectivity index (χ4v) is 1.55. The van der Waals surface area contributed by atoms with Crippen molar-refractivity contribution in [2.75, 3.05) is 30.4 Å². The molecular weight excluding hydrogens is 200 g/mol. The van der Waals surface area contributed by atoms with Gasteiger partial charge in [0.05, 0.1) is 0 Å². The van der Waals surface area contributed by atoms with Gasteiger partial charge in [-0.1, -0.05) is 13.8 Å². The van der Waals surface area contributed by atoms with Gasteiger partial charge >= 0.3 is 0 Å². The van der Waals surface area contributed by atoms with Gasteiger partial charge in [0.2, 0.25) is 0 Å². The third-order valence-corrected chi connectivity index (χ3v) is 2.59. The normalized spacial score (nSPS) is 10.6.